The molecule has 0 bridgehead atoms. The van der Waals surface area contributed by atoms with E-state index < -0.39 is 19.1 Å². The Kier molecular flexibility index (Phi) is 3.45. The Labute approximate surface area is 120 Å². The monoisotopic (exact) mass is 298 g/mol. The molecule has 2 aromatic rings. The smallest absolute Gasteiger partial charge is 0.283 e. The van der Waals surface area contributed by atoms with Gasteiger partial charge in [0.1, 0.15) is 12.4 Å². The topological polar surface area (TPSA) is 39.3 Å². The number of hydrogen-bond acceptors (Lipinski definition) is 2. The molecule has 1 aromatic carbocycles. The molecule has 0 radical (unpaired) electrons. The van der Waals surface area contributed by atoms with Gasteiger partial charge in [-0.15, -0.1) is 0 Å². The number of benzene rings is 1. The number of hydrogen-bond donors (Lipinski definition) is 2. The molecule has 6 heteroatoms. The van der Waals surface area contributed by atoms with E-state index in [9.17, 15) is 13.2 Å². The summed E-state index contributed by atoms with van der Waals surface area (Å²) < 4.78 is 40.6. The van der Waals surface area contributed by atoms with Gasteiger partial charge in [-0.25, -0.2) is 13.2 Å². The van der Waals surface area contributed by atoms with Gasteiger partial charge < -0.3 is 10.1 Å². The molecule has 2 N–H and O–H groups in total. The maximum absolute atomic E-state index is 13.8. The van der Waals surface area contributed by atoms with Gasteiger partial charge in [0.15, 0.2) is 0 Å². The number of para-hydroxylation sites is 1. The molecular formula is C15H17F3N2O. The van der Waals surface area contributed by atoms with Crippen molar-refractivity contribution in [3.63, 3.8) is 0 Å². The molecule has 0 spiro atoms. The van der Waals surface area contributed by atoms with Crippen LogP contribution < -0.4 is 0 Å². The van der Waals surface area contributed by atoms with E-state index in [2.05, 4.69) is 4.98 Å². The Morgan fingerprint density at radius 3 is 2.90 bits per heavy atom. The van der Waals surface area contributed by atoms with E-state index in [0.717, 1.165) is 16.6 Å². The van der Waals surface area contributed by atoms with Crippen LogP contribution in [0.4, 0.5) is 13.2 Å². The number of aliphatic hydroxyl groups is 1. The highest BCUT2D eigenvalue weighted by atomic mass is 19.3. The second-order valence-corrected chi connectivity index (χ2v) is 5.72. The van der Waals surface area contributed by atoms with Crippen LogP contribution in [0.3, 0.4) is 0 Å². The van der Waals surface area contributed by atoms with E-state index in [-0.39, 0.29) is 11.9 Å². The lowest BCUT2D eigenvalue weighted by molar-refractivity contribution is -0.0819. The van der Waals surface area contributed by atoms with Crippen LogP contribution in [0.5, 0.6) is 0 Å². The Morgan fingerprint density at radius 1 is 1.43 bits per heavy atom. The lowest BCUT2D eigenvalue weighted by Gasteiger charge is -2.35. The molecule has 0 saturated heterocycles. The van der Waals surface area contributed by atoms with Crippen molar-refractivity contribution < 1.29 is 18.3 Å². The third-order valence-corrected chi connectivity index (χ3v) is 4.13. The number of aromatic nitrogens is 1. The van der Waals surface area contributed by atoms with Crippen LogP contribution in [0.1, 0.15) is 18.2 Å². The van der Waals surface area contributed by atoms with Crippen LogP contribution in [-0.2, 0) is 13.0 Å². The molecule has 1 aliphatic heterocycles. The molecule has 21 heavy (non-hydrogen) atoms. The normalized spacial score (nSPS) is 20.0. The van der Waals surface area contributed by atoms with Crippen molar-refractivity contribution in [3.8, 4) is 0 Å². The van der Waals surface area contributed by atoms with Crippen LogP contribution >= 0.6 is 0 Å². The average molecular weight is 298 g/mol. The quantitative estimate of drug-likeness (QED) is 0.914. The number of halogens is 3. The summed E-state index contributed by atoms with van der Waals surface area (Å²) in [5.41, 5.74) is 2.22. The molecule has 114 valence electrons. The van der Waals surface area contributed by atoms with Gasteiger partial charge in [-0.1, -0.05) is 12.1 Å². The van der Waals surface area contributed by atoms with Crippen LogP contribution in [0.15, 0.2) is 18.2 Å². The molecular weight excluding hydrogens is 281 g/mol. The third-order valence-electron chi connectivity index (χ3n) is 4.13. The van der Waals surface area contributed by atoms with Crippen LogP contribution in [0, 0.1) is 5.82 Å². The Bertz CT molecular complexity index is 668. The number of H-pyrrole nitrogens is 1. The van der Waals surface area contributed by atoms with Crippen molar-refractivity contribution in [3.05, 3.63) is 35.3 Å². The Hall–Kier alpha value is -1.53. The molecule has 0 fully saturated rings. The second-order valence-electron chi connectivity index (χ2n) is 5.72. The SMILES string of the molecule is CC1Cc2c([nH]c3c(F)cccc23)CN1CC(F)(F)CO. The second kappa shape index (κ2) is 5.03. The minimum absolute atomic E-state index is 0.0859. The maximum Gasteiger partial charge on any atom is 0.283 e. The Balaban J connectivity index is 1.95. The first-order valence-electron chi connectivity index (χ1n) is 6.92. The number of nitrogens with zero attached hydrogens (tertiary/aromatic N) is 1. The van der Waals surface area contributed by atoms with Gasteiger partial charge >= 0.3 is 0 Å². The number of fused-ring (bicyclic) bond motifs is 3. The van der Waals surface area contributed by atoms with Crippen molar-refractivity contribution >= 4 is 10.9 Å². The summed E-state index contributed by atoms with van der Waals surface area (Å²) >= 11 is 0. The predicted octanol–water partition coefficient (Wildman–Crippen LogP) is 2.68. The molecule has 1 unspecified atom stereocenters. The molecule has 1 aromatic heterocycles. The first-order valence-corrected chi connectivity index (χ1v) is 6.92. The minimum atomic E-state index is -3.12. The molecule has 0 amide bonds. The highest BCUT2D eigenvalue weighted by molar-refractivity contribution is 5.85. The lowest BCUT2D eigenvalue weighted by atomic mass is 9.97. The van der Waals surface area contributed by atoms with Gasteiger partial charge in [-0.3, -0.25) is 4.90 Å². The summed E-state index contributed by atoms with van der Waals surface area (Å²) in [5, 5.41) is 9.55. The van der Waals surface area contributed by atoms with Gasteiger partial charge in [0.25, 0.3) is 5.92 Å². The van der Waals surface area contributed by atoms with E-state index in [1.165, 1.54) is 6.07 Å². The maximum atomic E-state index is 13.8. The van der Waals surface area contributed by atoms with Gasteiger partial charge in [0, 0.05) is 23.7 Å². The van der Waals surface area contributed by atoms with E-state index in [1.807, 2.05) is 13.0 Å². The van der Waals surface area contributed by atoms with E-state index >= 15 is 0 Å². The summed E-state index contributed by atoms with van der Waals surface area (Å²) in [4.78, 5) is 4.63. The summed E-state index contributed by atoms with van der Waals surface area (Å²) in [6.45, 7) is 0.515. The number of aliphatic hydroxyl groups excluding tert-OH is 1. The summed E-state index contributed by atoms with van der Waals surface area (Å²) in [6.07, 6.45) is 0.584. The van der Waals surface area contributed by atoms with Crippen molar-refractivity contribution in [1.82, 2.24) is 9.88 Å². The first-order chi connectivity index (χ1) is 9.91. The van der Waals surface area contributed by atoms with Gasteiger partial charge in [0.05, 0.1) is 12.1 Å². The molecule has 0 aliphatic carbocycles. The molecule has 3 nitrogen and oxygen atoms in total. The highest BCUT2D eigenvalue weighted by Gasteiger charge is 2.35. The molecule has 0 saturated carbocycles. The largest absolute Gasteiger partial charge is 0.390 e. The number of rotatable bonds is 3. The van der Waals surface area contributed by atoms with E-state index in [0.29, 0.717) is 18.5 Å². The number of aromatic amines is 1. The van der Waals surface area contributed by atoms with E-state index in [4.69, 9.17) is 5.11 Å². The summed E-state index contributed by atoms with van der Waals surface area (Å²) in [5.74, 6) is -3.45. The van der Waals surface area contributed by atoms with Gasteiger partial charge in [-0.05, 0) is 25.0 Å². The van der Waals surface area contributed by atoms with Gasteiger partial charge in [-0.2, -0.15) is 0 Å². The molecule has 2 heterocycles. The third kappa shape index (κ3) is 2.53. The lowest BCUT2D eigenvalue weighted by Crippen LogP contribution is -2.46. The van der Waals surface area contributed by atoms with Crippen LogP contribution in [0.25, 0.3) is 10.9 Å². The van der Waals surface area contributed by atoms with Crippen molar-refractivity contribution in [2.75, 3.05) is 13.2 Å². The highest BCUT2D eigenvalue weighted by Crippen LogP contribution is 2.32. The number of alkyl halides is 2. The zero-order valence-corrected chi connectivity index (χ0v) is 11.7. The zero-order valence-electron chi connectivity index (χ0n) is 11.7. The summed E-state index contributed by atoms with van der Waals surface area (Å²) in [6, 6.07) is 4.80. The van der Waals surface area contributed by atoms with E-state index in [1.54, 1.807) is 11.0 Å². The van der Waals surface area contributed by atoms with Crippen LogP contribution in [0.2, 0.25) is 0 Å². The zero-order chi connectivity index (χ0) is 15.2. The fraction of sp³-hybridized carbons (Fsp3) is 0.467. The standard InChI is InChI=1S/C15H17F3N2O/c1-9-5-11-10-3-2-4-12(16)14(10)19-13(11)6-20(9)7-15(17,18)8-21/h2-4,9,19,21H,5-8H2,1H3. The minimum Gasteiger partial charge on any atom is -0.390 e. The number of nitrogens with one attached hydrogen (secondary N) is 1. The Morgan fingerprint density at radius 2 is 2.19 bits per heavy atom. The van der Waals surface area contributed by atoms with Crippen molar-refractivity contribution in [2.24, 2.45) is 0 Å². The average Bonchev–Trinajstić information content (AvgIpc) is 2.78. The predicted molar refractivity (Wildman–Crippen MR) is 73.9 cm³/mol. The van der Waals surface area contributed by atoms with Gasteiger partial charge in [0.2, 0.25) is 0 Å². The fourth-order valence-electron chi connectivity index (χ4n) is 3.00. The van der Waals surface area contributed by atoms with Crippen molar-refractivity contribution in [1.29, 1.82) is 0 Å². The first kappa shape index (κ1) is 14.4. The van der Waals surface area contributed by atoms with Crippen molar-refractivity contribution in [2.45, 2.75) is 31.9 Å². The molecule has 3 rings (SSSR count). The summed E-state index contributed by atoms with van der Waals surface area (Å²) in [7, 11) is 0. The molecule has 1 aliphatic rings. The fourth-order valence-corrected chi connectivity index (χ4v) is 3.00. The van der Waals surface area contributed by atoms with Crippen LogP contribution in [-0.4, -0.2) is 40.1 Å². The molecule has 1 atom stereocenters.